The molecule has 106 valence electrons. The highest BCUT2D eigenvalue weighted by molar-refractivity contribution is 5.92. The van der Waals surface area contributed by atoms with E-state index in [1.807, 2.05) is 31.0 Å². The van der Waals surface area contributed by atoms with Crippen molar-refractivity contribution in [1.82, 2.24) is 4.90 Å². The molecule has 0 aliphatic rings. The number of nitrogens with two attached hydrogens (primary N) is 1. The van der Waals surface area contributed by atoms with Gasteiger partial charge >= 0.3 is 0 Å². The van der Waals surface area contributed by atoms with Crippen LogP contribution in [0, 0.1) is 12.8 Å². The maximum absolute atomic E-state index is 11.9. The summed E-state index contributed by atoms with van der Waals surface area (Å²) in [6.45, 7) is 7.63. The lowest BCUT2D eigenvalue weighted by molar-refractivity contribution is -0.117. The first-order valence-electron chi connectivity index (χ1n) is 6.77. The van der Waals surface area contributed by atoms with Gasteiger partial charge in [-0.3, -0.25) is 9.69 Å². The van der Waals surface area contributed by atoms with Crippen LogP contribution in [0.3, 0.4) is 0 Å². The normalized spacial score (nSPS) is 12.5. The zero-order valence-electron chi connectivity index (χ0n) is 12.4. The van der Waals surface area contributed by atoms with Crippen LogP contribution in [0.15, 0.2) is 18.2 Å². The van der Waals surface area contributed by atoms with E-state index in [9.17, 15) is 4.79 Å². The number of benzene rings is 1. The number of anilines is 2. The number of nitrogen functional groups attached to an aromatic ring is 1. The Morgan fingerprint density at radius 2 is 2.16 bits per heavy atom. The van der Waals surface area contributed by atoms with E-state index in [0.29, 0.717) is 18.2 Å². The van der Waals surface area contributed by atoms with Gasteiger partial charge < -0.3 is 11.1 Å². The number of likely N-dealkylation sites (N-methyl/N-ethyl adjacent to an activating group) is 1. The molecule has 0 spiro atoms. The second-order valence-corrected chi connectivity index (χ2v) is 5.33. The van der Waals surface area contributed by atoms with Crippen molar-refractivity contribution < 1.29 is 4.79 Å². The number of hydrogen-bond acceptors (Lipinski definition) is 3. The number of amides is 1. The Labute approximate surface area is 116 Å². The molecule has 4 nitrogen and oxygen atoms in total. The average Bonchev–Trinajstić information content (AvgIpc) is 2.33. The number of hydrogen-bond donors (Lipinski definition) is 2. The van der Waals surface area contributed by atoms with Gasteiger partial charge in [-0.05, 0) is 37.6 Å². The van der Waals surface area contributed by atoms with Gasteiger partial charge in [-0.2, -0.15) is 0 Å². The van der Waals surface area contributed by atoms with Crippen molar-refractivity contribution in [3.05, 3.63) is 23.8 Å². The minimum Gasteiger partial charge on any atom is -0.398 e. The Hall–Kier alpha value is -1.55. The summed E-state index contributed by atoms with van der Waals surface area (Å²) in [4.78, 5) is 13.9. The summed E-state index contributed by atoms with van der Waals surface area (Å²) in [5.41, 5.74) is 8.29. The molecule has 0 aliphatic carbocycles. The molecule has 0 saturated heterocycles. The van der Waals surface area contributed by atoms with Crippen molar-refractivity contribution in [2.75, 3.05) is 31.2 Å². The van der Waals surface area contributed by atoms with E-state index in [1.54, 1.807) is 6.07 Å². The van der Waals surface area contributed by atoms with E-state index >= 15 is 0 Å². The van der Waals surface area contributed by atoms with Crippen molar-refractivity contribution >= 4 is 17.3 Å². The molecule has 3 N–H and O–H groups in total. The number of carbonyl (C=O) groups excluding carboxylic acids is 1. The fourth-order valence-corrected chi connectivity index (χ4v) is 1.89. The maximum Gasteiger partial charge on any atom is 0.238 e. The fraction of sp³-hybridized carbons (Fsp3) is 0.533. The summed E-state index contributed by atoms with van der Waals surface area (Å²) in [5, 5.41) is 2.87. The molecule has 4 heteroatoms. The zero-order chi connectivity index (χ0) is 14.4. The van der Waals surface area contributed by atoms with Crippen molar-refractivity contribution in [2.45, 2.75) is 27.2 Å². The molecule has 1 aromatic rings. The molecule has 0 aliphatic heterocycles. The number of nitrogens with zero attached hydrogens (tertiary/aromatic N) is 1. The van der Waals surface area contributed by atoms with Crippen LogP contribution in [0.1, 0.15) is 25.8 Å². The first-order valence-corrected chi connectivity index (χ1v) is 6.77. The molecular weight excluding hydrogens is 238 g/mol. The van der Waals surface area contributed by atoms with Crippen LogP contribution in [0.4, 0.5) is 11.4 Å². The lowest BCUT2D eigenvalue weighted by atomic mass is 10.1. The number of carbonyl (C=O) groups is 1. The summed E-state index contributed by atoms with van der Waals surface area (Å²) >= 11 is 0. The molecule has 1 aromatic carbocycles. The molecule has 1 amide bonds. The van der Waals surface area contributed by atoms with E-state index in [1.165, 1.54) is 0 Å². The fourth-order valence-electron chi connectivity index (χ4n) is 1.89. The van der Waals surface area contributed by atoms with Gasteiger partial charge in [0.1, 0.15) is 0 Å². The van der Waals surface area contributed by atoms with E-state index < -0.39 is 0 Å². The third-order valence-corrected chi connectivity index (χ3v) is 3.30. The summed E-state index contributed by atoms with van der Waals surface area (Å²) < 4.78 is 0. The van der Waals surface area contributed by atoms with Gasteiger partial charge in [-0.25, -0.2) is 0 Å². The standard InChI is InChI=1S/C15H25N3O/c1-5-11(2)9-18(4)10-15(19)17-13-7-6-12(3)14(16)8-13/h6-8,11H,5,9-10,16H2,1-4H3,(H,17,19). The predicted octanol–water partition coefficient (Wildman–Crippen LogP) is 2.49. The van der Waals surface area contributed by atoms with Crippen molar-refractivity contribution in [2.24, 2.45) is 5.92 Å². The Bertz CT molecular complexity index is 431. The number of nitrogens with one attached hydrogen (secondary N) is 1. The van der Waals surface area contributed by atoms with Crippen molar-refractivity contribution in [1.29, 1.82) is 0 Å². The Kier molecular flexibility index (Phi) is 5.83. The maximum atomic E-state index is 11.9. The van der Waals surface area contributed by atoms with E-state index in [2.05, 4.69) is 19.2 Å². The minimum absolute atomic E-state index is 0.00550. The SMILES string of the molecule is CCC(C)CN(C)CC(=O)Nc1ccc(C)c(N)c1. The molecule has 1 unspecified atom stereocenters. The molecule has 1 rings (SSSR count). The van der Waals surface area contributed by atoms with Gasteiger partial charge in [0.2, 0.25) is 5.91 Å². The molecule has 0 aromatic heterocycles. The topological polar surface area (TPSA) is 58.4 Å². The third kappa shape index (κ3) is 5.30. The van der Waals surface area contributed by atoms with Crippen molar-refractivity contribution in [3.63, 3.8) is 0 Å². The molecule has 0 saturated carbocycles. The van der Waals surface area contributed by atoms with Crippen LogP contribution < -0.4 is 11.1 Å². The summed E-state index contributed by atoms with van der Waals surface area (Å²) in [6, 6.07) is 5.58. The first-order chi connectivity index (χ1) is 8.92. The summed E-state index contributed by atoms with van der Waals surface area (Å²) in [5.74, 6) is 0.599. The largest absolute Gasteiger partial charge is 0.398 e. The second-order valence-electron chi connectivity index (χ2n) is 5.33. The molecule has 0 heterocycles. The van der Waals surface area contributed by atoms with E-state index in [0.717, 1.165) is 24.2 Å². The molecule has 1 atom stereocenters. The van der Waals surface area contributed by atoms with E-state index in [-0.39, 0.29) is 5.91 Å². The van der Waals surface area contributed by atoms with Crippen LogP contribution in [0.2, 0.25) is 0 Å². The second kappa shape index (κ2) is 7.14. The predicted molar refractivity (Wildman–Crippen MR) is 81.2 cm³/mol. The lowest BCUT2D eigenvalue weighted by Crippen LogP contribution is -2.33. The van der Waals surface area contributed by atoms with Gasteiger partial charge in [0.05, 0.1) is 6.54 Å². The zero-order valence-corrected chi connectivity index (χ0v) is 12.4. The van der Waals surface area contributed by atoms with Gasteiger partial charge in [0.25, 0.3) is 0 Å². The molecule has 0 bridgehead atoms. The average molecular weight is 263 g/mol. The van der Waals surface area contributed by atoms with Crippen LogP contribution in [-0.4, -0.2) is 30.9 Å². The van der Waals surface area contributed by atoms with Crippen LogP contribution in [0.25, 0.3) is 0 Å². The number of rotatable bonds is 6. The Morgan fingerprint density at radius 1 is 1.47 bits per heavy atom. The minimum atomic E-state index is -0.00550. The van der Waals surface area contributed by atoms with Crippen LogP contribution >= 0.6 is 0 Å². The first kappa shape index (κ1) is 15.5. The molecular formula is C15H25N3O. The monoisotopic (exact) mass is 263 g/mol. The smallest absolute Gasteiger partial charge is 0.238 e. The lowest BCUT2D eigenvalue weighted by Gasteiger charge is -2.19. The highest BCUT2D eigenvalue weighted by atomic mass is 16.2. The highest BCUT2D eigenvalue weighted by Gasteiger charge is 2.09. The quantitative estimate of drug-likeness (QED) is 0.775. The summed E-state index contributed by atoms with van der Waals surface area (Å²) in [7, 11) is 1.97. The Morgan fingerprint density at radius 3 is 2.74 bits per heavy atom. The van der Waals surface area contributed by atoms with Crippen LogP contribution in [-0.2, 0) is 4.79 Å². The van der Waals surface area contributed by atoms with Gasteiger partial charge in [0.15, 0.2) is 0 Å². The van der Waals surface area contributed by atoms with Gasteiger partial charge in [0, 0.05) is 17.9 Å². The van der Waals surface area contributed by atoms with Gasteiger partial charge in [-0.1, -0.05) is 26.3 Å². The third-order valence-electron chi connectivity index (χ3n) is 3.30. The molecule has 0 fully saturated rings. The molecule has 19 heavy (non-hydrogen) atoms. The summed E-state index contributed by atoms with van der Waals surface area (Å²) in [6.07, 6.45) is 1.13. The highest BCUT2D eigenvalue weighted by Crippen LogP contribution is 2.16. The Balaban J connectivity index is 2.48. The van der Waals surface area contributed by atoms with E-state index in [4.69, 9.17) is 5.73 Å². The molecule has 0 radical (unpaired) electrons. The van der Waals surface area contributed by atoms with Crippen molar-refractivity contribution in [3.8, 4) is 0 Å². The van der Waals surface area contributed by atoms with Crippen LogP contribution in [0.5, 0.6) is 0 Å². The number of aryl methyl sites for hydroxylation is 1. The van der Waals surface area contributed by atoms with Gasteiger partial charge in [-0.15, -0.1) is 0 Å².